The van der Waals surface area contributed by atoms with Crippen molar-refractivity contribution in [3.8, 4) is 5.75 Å². The van der Waals surface area contributed by atoms with E-state index in [0.717, 1.165) is 0 Å². The molecule has 0 saturated carbocycles. The van der Waals surface area contributed by atoms with E-state index >= 15 is 0 Å². The van der Waals surface area contributed by atoms with Crippen LogP contribution in [0.25, 0.3) is 0 Å². The highest BCUT2D eigenvalue weighted by molar-refractivity contribution is 5.95. The second-order valence-electron chi connectivity index (χ2n) is 5.58. The van der Waals surface area contributed by atoms with Gasteiger partial charge >= 0.3 is 0 Å². The van der Waals surface area contributed by atoms with E-state index in [-0.39, 0.29) is 12.5 Å². The molecule has 1 aromatic rings. The van der Waals surface area contributed by atoms with Gasteiger partial charge in [0.2, 0.25) is 5.91 Å². The molecule has 1 aromatic carbocycles. The first-order chi connectivity index (χ1) is 10.8. The van der Waals surface area contributed by atoms with Crippen molar-refractivity contribution in [1.82, 2.24) is 10.2 Å². The summed E-state index contributed by atoms with van der Waals surface area (Å²) in [4.78, 5) is 24.7. The van der Waals surface area contributed by atoms with Crippen LogP contribution in [0.2, 0.25) is 0 Å². The van der Waals surface area contributed by atoms with Crippen molar-refractivity contribution in [3.63, 3.8) is 0 Å². The molecule has 1 aliphatic heterocycles. The third-order valence-electron chi connectivity index (χ3n) is 3.41. The van der Waals surface area contributed by atoms with Crippen LogP contribution in [-0.4, -0.2) is 55.9 Å². The highest BCUT2D eigenvalue weighted by Gasteiger charge is 2.42. The minimum atomic E-state index is -2.85. The van der Waals surface area contributed by atoms with Gasteiger partial charge in [-0.25, -0.2) is 8.78 Å². The zero-order valence-corrected chi connectivity index (χ0v) is 12.9. The number of carbonyl (C=O) groups excluding carboxylic acids is 2. The maximum atomic E-state index is 13.1. The molecule has 6 nitrogen and oxygen atoms in total. The number of nitrogens with zero attached hydrogens (tertiary/aromatic N) is 1. The smallest absolute Gasteiger partial charge is 0.262 e. The van der Waals surface area contributed by atoms with Gasteiger partial charge in [-0.05, 0) is 24.3 Å². The van der Waals surface area contributed by atoms with Gasteiger partial charge in [0, 0.05) is 26.2 Å². The number of halogens is 2. The Labute approximate surface area is 132 Å². The lowest BCUT2D eigenvalue weighted by atomic mass is 10.2. The number of alkyl halides is 2. The van der Waals surface area contributed by atoms with Crippen LogP contribution in [0.15, 0.2) is 24.3 Å². The predicted octanol–water partition coefficient (Wildman–Crippen LogP) is 1.09. The van der Waals surface area contributed by atoms with Crippen LogP contribution >= 0.6 is 0 Å². The molecular formula is C15H19F2N3O3. The predicted molar refractivity (Wildman–Crippen MR) is 80.6 cm³/mol. The van der Waals surface area contributed by atoms with E-state index < -0.39 is 30.8 Å². The number of likely N-dealkylation sites (N-methyl/N-ethyl adjacent to an activating group) is 1. The SMILES string of the molecule is CN(C)C(=O)COc1ccc(NC(=O)C2CC(F)(F)CN2)cc1. The quantitative estimate of drug-likeness (QED) is 0.849. The van der Waals surface area contributed by atoms with Crippen LogP contribution in [0.3, 0.4) is 0 Å². The normalized spacial score (nSPS) is 19.2. The number of rotatable bonds is 5. The van der Waals surface area contributed by atoms with Gasteiger partial charge in [0.05, 0.1) is 12.6 Å². The monoisotopic (exact) mass is 327 g/mol. The van der Waals surface area contributed by atoms with E-state index in [2.05, 4.69) is 10.6 Å². The number of anilines is 1. The van der Waals surface area contributed by atoms with Crippen LogP contribution in [0.5, 0.6) is 5.75 Å². The Balaban J connectivity index is 1.85. The lowest BCUT2D eigenvalue weighted by Gasteiger charge is -2.13. The van der Waals surface area contributed by atoms with Gasteiger partial charge in [-0.3, -0.25) is 14.9 Å². The number of hydrogen-bond donors (Lipinski definition) is 2. The van der Waals surface area contributed by atoms with Crippen LogP contribution in [0.4, 0.5) is 14.5 Å². The largest absolute Gasteiger partial charge is 0.484 e. The summed E-state index contributed by atoms with van der Waals surface area (Å²) < 4.78 is 31.4. The van der Waals surface area contributed by atoms with Crippen LogP contribution in [0.1, 0.15) is 6.42 Å². The third-order valence-corrected chi connectivity index (χ3v) is 3.41. The first-order valence-electron chi connectivity index (χ1n) is 7.12. The summed E-state index contributed by atoms with van der Waals surface area (Å²) in [7, 11) is 3.26. The zero-order valence-electron chi connectivity index (χ0n) is 12.9. The van der Waals surface area contributed by atoms with Crippen molar-refractivity contribution >= 4 is 17.5 Å². The van der Waals surface area contributed by atoms with E-state index in [1.807, 2.05) is 0 Å². The fourth-order valence-corrected chi connectivity index (χ4v) is 2.04. The molecule has 126 valence electrons. The molecule has 0 spiro atoms. The Bertz CT molecular complexity index is 576. The van der Waals surface area contributed by atoms with Gasteiger partial charge in [0.25, 0.3) is 11.8 Å². The summed E-state index contributed by atoms with van der Waals surface area (Å²) in [6.07, 6.45) is -0.507. The number of carbonyl (C=O) groups is 2. The van der Waals surface area contributed by atoms with Crippen molar-refractivity contribution < 1.29 is 23.1 Å². The van der Waals surface area contributed by atoms with Gasteiger partial charge in [-0.1, -0.05) is 0 Å². The summed E-state index contributed by atoms with van der Waals surface area (Å²) in [6.45, 7) is -0.572. The van der Waals surface area contributed by atoms with E-state index in [9.17, 15) is 18.4 Å². The molecule has 0 aliphatic carbocycles. The second-order valence-corrected chi connectivity index (χ2v) is 5.58. The Hall–Kier alpha value is -2.22. The maximum Gasteiger partial charge on any atom is 0.262 e. The summed E-state index contributed by atoms with van der Waals surface area (Å²) in [5.41, 5.74) is 0.471. The number of ether oxygens (including phenoxy) is 1. The molecule has 1 unspecified atom stereocenters. The summed E-state index contributed by atoms with van der Waals surface area (Å²) >= 11 is 0. The zero-order chi connectivity index (χ0) is 17.0. The molecule has 1 aliphatic rings. The Morgan fingerprint density at radius 2 is 2.00 bits per heavy atom. The van der Waals surface area contributed by atoms with E-state index in [1.54, 1.807) is 38.4 Å². The lowest BCUT2D eigenvalue weighted by Crippen LogP contribution is -2.35. The molecule has 23 heavy (non-hydrogen) atoms. The van der Waals surface area contributed by atoms with Gasteiger partial charge in [0.15, 0.2) is 6.61 Å². The summed E-state index contributed by atoms with van der Waals surface area (Å²) in [5.74, 6) is -3.04. The van der Waals surface area contributed by atoms with E-state index in [1.165, 1.54) is 4.90 Å². The summed E-state index contributed by atoms with van der Waals surface area (Å²) in [5, 5.41) is 5.06. The Kier molecular flexibility index (Phi) is 5.15. The Morgan fingerprint density at radius 3 is 2.52 bits per heavy atom. The number of hydrogen-bond acceptors (Lipinski definition) is 4. The molecule has 1 atom stereocenters. The van der Waals surface area contributed by atoms with E-state index in [4.69, 9.17) is 4.74 Å². The molecule has 0 radical (unpaired) electrons. The lowest BCUT2D eigenvalue weighted by molar-refractivity contribution is -0.130. The van der Waals surface area contributed by atoms with Crippen LogP contribution in [-0.2, 0) is 9.59 Å². The van der Waals surface area contributed by atoms with Crippen molar-refractivity contribution in [2.75, 3.05) is 32.6 Å². The molecule has 0 bridgehead atoms. The molecule has 2 N–H and O–H groups in total. The fourth-order valence-electron chi connectivity index (χ4n) is 2.04. The fraction of sp³-hybridized carbons (Fsp3) is 0.467. The molecule has 2 amide bonds. The molecule has 2 rings (SSSR count). The highest BCUT2D eigenvalue weighted by atomic mass is 19.3. The number of amides is 2. The van der Waals surface area contributed by atoms with Crippen molar-refractivity contribution in [2.45, 2.75) is 18.4 Å². The van der Waals surface area contributed by atoms with Crippen molar-refractivity contribution in [1.29, 1.82) is 0 Å². The maximum absolute atomic E-state index is 13.1. The minimum absolute atomic E-state index is 0.0835. The summed E-state index contributed by atoms with van der Waals surface area (Å²) in [6, 6.07) is 5.45. The van der Waals surface area contributed by atoms with Crippen LogP contribution < -0.4 is 15.4 Å². The first-order valence-corrected chi connectivity index (χ1v) is 7.12. The average Bonchev–Trinajstić information content (AvgIpc) is 2.86. The topological polar surface area (TPSA) is 70.7 Å². The van der Waals surface area contributed by atoms with E-state index in [0.29, 0.717) is 11.4 Å². The van der Waals surface area contributed by atoms with Gasteiger partial charge in [-0.2, -0.15) is 0 Å². The molecule has 1 fully saturated rings. The standard InChI is InChI=1S/C15H19F2N3O3/c1-20(2)13(21)8-23-11-5-3-10(4-6-11)19-14(22)12-7-15(16,17)9-18-12/h3-6,12,18H,7-9H2,1-2H3,(H,19,22). The van der Waals surface area contributed by atoms with Crippen LogP contribution in [0, 0.1) is 0 Å². The second kappa shape index (κ2) is 6.91. The Morgan fingerprint density at radius 1 is 1.35 bits per heavy atom. The number of nitrogens with one attached hydrogen (secondary N) is 2. The molecule has 0 aromatic heterocycles. The van der Waals surface area contributed by atoms with Crippen molar-refractivity contribution in [3.05, 3.63) is 24.3 Å². The van der Waals surface area contributed by atoms with Gasteiger partial charge in [-0.15, -0.1) is 0 Å². The van der Waals surface area contributed by atoms with Gasteiger partial charge < -0.3 is 15.0 Å². The number of benzene rings is 1. The average molecular weight is 327 g/mol. The molecule has 1 saturated heterocycles. The van der Waals surface area contributed by atoms with Gasteiger partial charge in [0.1, 0.15) is 5.75 Å². The minimum Gasteiger partial charge on any atom is -0.484 e. The first kappa shape index (κ1) is 17.1. The molecule has 1 heterocycles. The van der Waals surface area contributed by atoms with Crippen molar-refractivity contribution in [2.24, 2.45) is 0 Å². The molecular weight excluding hydrogens is 308 g/mol. The molecule has 8 heteroatoms. The highest BCUT2D eigenvalue weighted by Crippen LogP contribution is 2.26. The third kappa shape index (κ3) is 4.88.